The summed E-state index contributed by atoms with van der Waals surface area (Å²) in [5, 5.41) is 10.4. The number of rotatable bonds is 2. The topological polar surface area (TPSA) is 40.7 Å². The largest absolute Gasteiger partial charge is 0.376 e. The minimum Gasteiger partial charge on any atom is -0.376 e. The van der Waals surface area contributed by atoms with E-state index in [2.05, 4.69) is 53.6 Å². The molecule has 3 rings (SSSR count). The molecule has 1 heterocycles. The smallest absolute Gasteiger partial charge is 0.0728 e. The van der Waals surface area contributed by atoms with Crippen molar-refractivity contribution in [1.82, 2.24) is 10.2 Å². The lowest BCUT2D eigenvalue weighted by molar-refractivity contribution is 0.406. The fourth-order valence-corrected chi connectivity index (χ4v) is 2.89. The van der Waals surface area contributed by atoms with Crippen LogP contribution in [0, 0.1) is 0 Å². The number of benzene rings is 1. The van der Waals surface area contributed by atoms with Crippen molar-refractivity contribution in [2.24, 2.45) is 0 Å². The van der Waals surface area contributed by atoms with Gasteiger partial charge in [0.2, 0.25) is 0 Å². The molecule has 0 fully saturated rings. The number of nitrogens with one attached hydrogen (secondary N) is 2. The van der Waals surface area contributed by atoms with Crippen molar-refractivity contribution < 1.29 is 0 Å². The normalized spacial score (nSPS) is 21.3. The summed E-state index contributed by atoms with van der Waals surface area (Å²) in [7, 11) is 0. The molecule has 1 aromatic heterocycles. The molecule has 0 saturated heterocycles. The van der Waals surface area contributed by atoms with Gasteiger partial charge in [0.05, 0.1) is 17.9 Å². The van der Waals surface area contributed by atoms with Crippen LogP contribution >= 0.6 is 0 Å². The van der Waals surface area contributed by atoms with E-state index >= 15 is 0 Å². The maximum absolute atomic E-state index is 3.98. The lowest BCUT2D eigenvalue weighted by atomic mass is 9.71. The standard InChI is InChI=1S/C15H19N3/c1-15(2)8-7-14(18-11-9-16-17-10-11)12-5-3-4-6-13(12)15/h3-6,9-10,14,18H,7-8H2,1-2H3,(H,16,17). The van der Waals surface area contributed by atoms with Crippen molar-refractivity contribution in [2.45, 2.75) is 38.1 Å². The van der Waals surface area contributed by atoms with Crippen LogP contribution in [0.25, 0.3) is 0 Å². The number of aromatic nitrogens is 2. The highest BCUT2D eigenvalue weighted by molar-refractivity contribution is 5.46. The minimum atomic E-state index is 0.283. The van der Waals surface area contributed by atoms with Crippen LogP contribution < -0.4 is 5.32 Å². The SMILES string of the molecule is CC1(C)CCC(Nc2cn[nH]c2)c2ccccc21. The van der Waals surface area contributed by atoms with Gasteiger partial charge < -0.3 is 5.32 Å². The Morgan fingerprint density at radius 1 is 1.33 bits per heavy atom. The first kappa shape index (κ1) is 11.3. The second kappa shape index (κ2) is 4.16. The summed E-state index contributed by atoms with van der Waals surface area (Å²) in [5.41, 5.74) is 4.24. The minimum absolute atomic E-state index is 0.283. The number of hydrogen-bond acceptors (Lipinski definition) is 2. The summed E-state index contributed by atoms with van der Waals surface area (Å²) in [5.74, 6) is 0. The summed E-state index contributed by atoms with van der Waals surface area (Å²) in [6.07, 6.45) is 6.11. The molecule has 0 amide bonds. The van der Waals surface area contributed by atoms with Crippen LogP contribution in [0.4, 0.5) is 5.69 Å². The monoisotopic (exact) mass is 241 g/mol. The molecule has 0 spiro atoms. The second-order valence-electron chi connectivity index (χ2n) is 5.69. The molecular weight excluding hydrogens is 222 g/mol. The van der Waals surface area contributed by atoms with Crippen molar-refractivity contribution >= 4 is 5.69 Å². The molecule has 94 valence electrons. The van der Waals surface area contributed by atoms with E-state index in [9.17, 15) is 0 Å². The molecule has 18 heavy (non-hydrogen) atoms. The molecule has 1 unspecified atom stereocenters. The van der Waals surface area contributed by atoms with E-state index in [1.165, 1.54) is 17.5 Å². The third kappa shape index (κ3) is 1.90. The average molecular weight is 241 g/mol. The predicted molar refractivity (Wildman–Crippen MR) is 73.7 cm³/mol. The zero-order chi connectivity index (χ0) is 12.6. The Morgan fingerprint density at radius 3 is 2.94 bits per heavy atom. The zero-order valence-electron chi connectivity index (χ0n) is 10.9. The molecular formula is C15H19N3. The van der Waals surface area contributed by atoms with Gasteiger partial charge in [-0.3, -0.25) is 5.10 Å². The van der Waals surface area contributed by atoms with Gasteiger partial charge in [-0.2, -0.15) is 5.10 Å². The van der Waals surface area contributed by atoms with Crippen LogP contribution in [0.3, 0.4) is 0 Å². The van der Waals surface area contributed by atoms with Gasteiger partial charge in [0, 0.05) is 6.20 Å². The van der Waals surface area contributed by atoms with Crippen LogP contribution in [0.2, 0.25) is 0 Å². The number of aromatic amines is 1. The van der Waals surface area contributed by atoms with Gasteiger partial charge >= 0.3 is 0 Å². The lowest BCUT2D eigenvalue weighted by Crippen LogP contribution is -2.29. The van der Waals surface area contributed by atoms with Gasteiger partial charge in [-0.1, -0.05) is 38.1 Å². The molecule has 0 bridgehead atoms. The maximum Gasteiger partial charge on any atom is 0.0728 e. The van der Waals surface area contributed by atoms with E-state index in [4.69, 9.17) is 0 Å². The van der Waals surface area contributed by atoms with Gasteiger partial charge in [-0.05, 0) is 29.4 Å². The first-order valence-corrected chi connectivity index (χ1v) is 6.51. The van der Waals surface area contributed by atoms with E-state index in [1.54, 1.807) is 0 Å². The molecule has 2 aromatic rings. The van der Waals surface area contributed by atoms with Crippen molar-refractivity contribution in [3.05, 3.63) is 47.8 Å². The second-order valence-corrected chi connectivity index (χ2v) is 5.69. The average Bonchev–Trinajstić information content (AvgIpc) is 2.86. The van der Waals surface area contributed by atoms with E-state index < -0.39 is 0 Å². The molecule has 1 aliphatic rings. The van der Waals surface area contributed by atoms with Crippen LogP contribution in [-0.4, -0.2) is 10.2 Å². The summed E-state index contributed by atoms with van der Waals surface area (Å²) in [6, 6.07) is 9.17. The van der Waals surface area contributed by atoms with Crippen LogP contribution in [-0.2, 0) is 5.41 Å². The fraction of sp³-hybridized carbons (Fsp3) is 0.400. The van der Waals surface area contributed by atoms with Gasteiger partial charge in [-0.25, -0.2) is 0 Å². The highest BCUT2D eigenvalue weighted by Gasteiger charge is 2.32. The number of fused-ring (bicyclic) bond motifs is 1. The third-order valence-electron chi connectivity index (χ3n) is 3.96. The van der Waals surface area contributed by atoms with Gasteiger partial charge in [0.15, 0.2) is 0 Å². The Labute approximate surface area is 108 Å². The summed E-state index contributed by atoms with van der Waals surface area (Å²) in [4.78, 5) is 0. The quantitative estimate of drug-likeness (QED) is 0.842. The highest BCUT2D eigenvalue weighted by Crippen LogP contribution is 2.42. The van der Waals surface area contributed by atoms with E-state index in [0.717, 1.165) is 12.1 Å². The molecule has 0 saturated carbocycles. The Hall–Kier alpha value is -1.77. The van der Waals surface area contributed by atoms with Crippen molar-refractivity contribution in [3.8, 4) is 0 Å². The van der Waals surface area contributed by atoms with Gasteiger partial charge in [0.25, 0.3) is 0 Å². The van der Waals surface area contributed by atoms with Crippen molar-refractivity contribution in [1.29, 1.82) is 0 Å². The Bertz CT molecular complexity index is 528. The van der Waals surface area contributed by atoms with Crippen molar-refractivity contribution in [3.63, 3.8) is 0 Å². The summed E-state index contributed by atoms with van der Waals surface area (Å²) >= 11 is 0. The van der Waals surface area contributed by atoms with Gasteiger partial charge in [0.1, 0.15) is 0 Å². The third-order valence-corrected chi connectivity index (χ3v) is 3.96. The number of H-pyrrole nitrogens is 1. The summed E-state index contributed by atoms with van der Waals surface area (Å²) in [6.45, 7) is 4.67. The maximum atomic E-state index is 3.98. The van der Waals surface area contributed by atoms with Crippen LogP contribution in [0.1, 0.15) is 43.9 Å². The molecule has 2 N–H and O–H groups in total. The zero-order valence-corrected chi connectivity index (χ0v) is 10.9. The molecule has 0 aliphatic heterocycles. The lowest BCUT2D eigenvalue weighted by Gasteiger charge is -2.37. The molecule has 1 aliphatic carbocycles. The fourth-order valence-electron chi connectivity index (χ4n) is 2.89. The predicted octanol–water partition coefficient (Wildman–Crippen LogP) is 3.63. The van der Waals surface area contributed by atoms with Gasteiger partial charge in [-0.15, -0.1) is 0 Å². The van der Waals surface area contributed by atoms with Crippen molar-refractivity contribution in [2.75, 3.05) is 5.32 Å². The number of anilines is 1. The molecule has 3 nitrogen and oxygen atoms in total. The van der Waals surface area contributed by atoms with E-state index in [0.29, 0.717) is 6.04 Å². The van der Waals surface area contributed by atoms with E-state index in [1.807, 2.05) is 12.4 Å². The van der Waals surface area contributed by atoms with E-state index in [-0.39, 0.29) is 5.41 Å². The Balaban J connectivity index is 1.94. The van der Waals surface area contributed by atoms with Crippen LogP contribution in [0.5, 0.6) is 0 Å². The molecule has 1 aromatic carbocycles. The molecule has 3 heteroatoms. The molecule has 0 radical (unpaired) electrons. The first-order chi connectivity index (χ1) is 8.67. The number of nitrogens with zero attached hydrogens (tertiary/aromatic N) is 1. The summed E-state index contributed by atoms with van der Waals surface area (Å²) < 4.78 is 0. The Morgan fingerprint density at radius 2 is 2.17 bits per heavy atom. The first-order valence-electron chi connectivity index (χ1n) is 6.51. The number of hydrogen-bond donors (Lipinski definition) is 2. The van der Waals surface area contributed by atoms with Crippen LogP contribution in [0.15, 0.2) is 36.7 Å². The molecule has 1 atom stereocenters. The highest BCUT2D eigenvalue weighted by atomic mass is 15.1. The Kier molecular flexibility index (Phi) is 2.62.